The van der Waals surface area contributed by atoms with E-state index in [1.54, 1.807) is 0 Å². The molecule has 0 spiro atoms. The average Bonchev–Trinajstić information content (AvgIpc) is 3.02. The van der Waals surface area contributed by atoms with E-state index in [4.69, 9.17) is 4.84 Å². The van der Waals surface area contributed by atoms with Gasteiger partial charge in [-0.3, -0.25) is 9.89 Å². The van der Waals surface area contributed by atoms with Crippen LogP contribution in [-0.4, -0.2) is 45.4 Å². The van der Waals surface area contributed by atoms with E-state index in [1.807, 2.05) is 11.0 Å². The number of fused-ring (bicyclic) bond motifs is 1. The molecule has 6 nitrogen and oxygen atoms in total. The number of H-pyrrole nitrogens is 1. The lowest BCUT2D eigenvalue weighted by molar-refractivity contribution is 0.0123. The lowest BCUT2D eigenvalue weighted by Crippen LogP contribution is -2.33. The van der Waals surface area contributed by atoms with Crippen molar-refractivity contribution in [3.63, 3.8) is 0 Å². The minimum absolute atomic E-state index is 0.0525. The van der Waals surface area contributed by atoms with Crippen molar-refractivity contribution >= 4 is 11.6 Å². The highest BCUT2D eigenvalue weighted by Crippen LogP contribution is 2.54. The maximum absolute atomic E-state index is 12.7. The number of hydrogen-bond donors (Lipinski definition) is 1. The van der Waals surface area contributed by atoms with Crippen LogP contribution >= 0.6 is 0 Å². The maximum atomic E-state index is 12.7. The minimum Gasteiger partial charge on any atom is -0.389 e. The highest BCUT2D eigenvalue weighted by molar-refractivity contribution is 5.94. The van der Waals surface area contributed by atoms with Gasteiger partial charge in [0.2, 0.25) is 0 Å². The summed E-state index contributed by atoms with van der Waals surface area (Å²) in [4.78, 5) is 20.1. The largest absolute Gasteiger partial charge is 0.389 e. The molecule has 24 heavy (non-hydrogen) atoms. The number of nitrogens with one attached hydrogen (secondary N) is 1. The van der Waals surface area contributed by atoms with Gasteiger partial charge in [0.05, 0.1) is 5.71 Å². The molecule has 1 N–H and O–H groups in total. The Bertz CT molecular complexity index is 681. The zero-order valence-electron chi connectivity index (χ0n) is 14.9. The average molecular weight is 330 g/mol. The fraction of sp³-hybridized carbons (Fsp3) is 0.722. The number of oxime groups is 1. The molecule has 1 aromatic rings. The second-order valence-corrected chi connectivity index (χ2v) is 8.19. The lowest BCUT2D eigenvalue weighted by atomic mass is 9.98. The standard InChI is InChI=1S/C18H26N4O2/c1-5-10(2)13-6-14(20-19-13)17(23)22-8-11-12(9-22)16(11)15-7-18(3,4)24-21-15/h6,10-12,16H,5,7-9H2,1-4H3,(H,19,20)/t10?,11-,12+,16?. The van der Waals surface area contributed by atoms with Gasteiger partial charge >= 0.3 is 0 Å². The third-order valence-corrected chi connectivity index (χ3v) is 5.84. The molecule has 3 heterocycles. The first-order valence-electron chi connectivity index (χ1n) is 8.99. The van der Waals surface area contributed by atoms with Crippen molar-refractivity contribution in [3.8, 4) is 0 Å². The Hall–Kier alpha value is -1.85. The summed E-state index contributed by atoms with van der Waals surface area (Å²) in [5.41, 5.74) is 2.62. The summed E-state index contributed by atoms with van der Waals surface area (Å²) in [6.45, 7) is 10.1. The first-order valence-corrected chi connectivity index (χ1v) is 8.99. The molecule has 4 rings (SSSR count). The van der Waals surface area contributed by atoms with E-state index >= 15 is 0 Å². The summed E-state index contributed by atoms with van der Waals surface area (Å²) in [6.07, 6.45) is 1.95. The summed E-state index contributed by atoms with van der Waals surface area (Å²) in [7, 11) is 0. The summed E-state index contributed by atoms with van der Waals surface area (Å²) >= 11 is 0. The van der Waals surface area contributed by atoms with Crippen molar-refractivity contribution in [2.45, 2.75) is 52.1 Å². The number of hydrogen-bond acceptors (Lipinski definition) is 4. The molecule has 0 aromatic carbocycles. The Morgan fingerprint density at radius 3 is 2.75 bits per heavy atom. The fourth-order valence-electron chi connectivity index (χ4n) is 4.13. The number of piperidine rings is 1. The van der Waals surface area contributed by atoms with Gasteiger partial charge in [0, 0.05) is 31.1 Å². The molecule has 4 atom stereocenters. The maximum Gasteiger partial charge on any atom is 0.274 e. The second kappa shape index (κ2) is 5.33. The Morgan fingerprint density at radius 1 is 1.46 bits per heavy atom. The van der Waals surface area contributed by atoms with Crippen LogP contribution in [0, 0.1) is 17.8 Å². The summed E-state index contributed by atoms with van der Waals surface area (Å²) in [6, 6.07) is 1.91. The van der Waals surface area contributed by atoms with Crippen molar-refractivity contribution < 1.29 is 9.63 Å². The predicted molar refractivity (Wildman–Crippen MR) is 90.9 cm³/mol. The molecule has 3 aliphatic rings. The van der Waals surface area contributed by atoms with Gasteiger partial charge in [0.25, 0.3) is 5.91 Å². The Balaban J connectivity index is 1.36. The number of likely N-dealkylation sites (tertiary alicyclic amines) is 1. The van der Waals surface area contributed by atoms with Gasteiger partial charge in [-0.2, -0.15) is 5.10 Å². The predicted octanol–water partition coefficient (Wildman–Crippen LogP) is 2.80. The molecule has 1 aliphatic carbocycles. The van der Waals surface area contributed by atoms with Gasteiger partial charge < -0.3 is 9.74 Å². The molecule has 1 saturated heterocycles. The molecule has 1 amide bonds. The topological polar surface area (TPSA) is 70.6 Å². The molecular formula is C18H26N4O2. The number of aromatic amines is 1. The molecule has 1 saturated carbocycles. The highest BCUT2D eigenvalue weighted by Gasteiger charge is 2.60. The number of carbonyl (C=O) groups is 1. The molecular weight excluding hydrogens is 304 g/mol. The SMILES string of the molecule is CCC(C)c1cc(C(=O)N2C[C@@H]3C(C4=NOC(C)(C)C4)[C@@H]3C2)n[nH]1. The fourth-order valence-corrected chi connectivity index (χ4v) is 4.13. The van der Waals surface area contributed by atoms with Crippen LogP contribution in [0.1, 0.15) is 62.6 Å². The minimum atomic E-state index is -0.164. The molecule has 2 aliphatic heterocycles. The van der Waals surface area contributed by atoms with Crippen LogP contribution in [0.5, 0.6) is 0 Å². The van der Waals surface area contributed by atoms with E-state index < -0.39 is 0 Å². The van der Waals surface area contributed by atoms with E-state index in [0.29, 0.717) is 29.4 Å². The molecule has 1 aromatic heterocycles. The zero-order valence-corrected chi connectivity index (χ0v) is 14.9. The second-order valence-electron chi connectivity index (χ2n) is 8.19. The molecule has 130 valence electrons. The number of carbonyl (C=O) groups excluding carboxylic acids is 1. The molecule has 0 radical (unpaired) electrons. The van der Waals surface area contributed by atoms with Crippen LogP contribution in [-0.2, 0) is 4.84 Å². The molecule has 0 bridgehead atoms. The Labute approximate surface area is 142 Å². The zero-order chi connectivity index (χ0) is 17.1. The van der Waals surface area contributed by atoms with E-state index in [2.05, 4.69) is 43.0 Å². The normalized spacial score (nSPS) is 31.4. The van der Waals surface area contributed by atoms with Crippen LogP contribution < -0.4 is 0 Å². The number of aromatic nitrogens is 2. The van der Waals surface area contributed by atoms with Gasteiger partial charge in [0.15, 0.2) is 0 Å². The highest BCUT2D eigenvalue weighted by atomic mass is 16.7. The van der Waals surface area contributed by atoms with Crippen LogP contribution in [0.3, 0.4) is 0 Å². The van der Waals surface area contributed by atoms with Gasteiger partial charge in [-0.25, -0.2) is 0 Å². The Morgan fingerprint density at radius 2 is 2.17 bits per heavy atom. The first kappa shape index (κ1) is 15.7. The number of nitrogens with zero attached hydrogens (tertiary/aromatic N) is 3. The van der Waals surface area contributed by atoms with E-state index in [-0.39, 0.29) is 11.5 Å². The van der Waals surface area contributed by atoms with Gasteiger partial charge in [0.1, 0.15) is 11.3 Å². The van der Waals surface area contributed by atoms with Crippen molar-refractivity contribution in [3.05, 3.63) is 17.5 Å². The van der Waals surface area contributed by atoms with Gasteiger partial charge in [-0.1, -0.05) is 19.0 Å². The molecule has 2 fully saturated rings. The van der Waals surface area contributed by atoms with Crippen LogP contribution in [0.25, 0.3) is 0 Å². The monoisotopic (exact) mass is 330 g/mol. The molecule has 6 heteroatoms. The summed E-state index contributed by atoms with van der Waals surface area (Å²) < 4.78 is 0. The number of amides is 1. The van der Waals surface area contributed by atoms with Gasteiger partial charge in [-0.05, 0) is 44.1 Å². The third kappa shape index (κ3) is 2.52. The van der Waals surface area contributed by atoms with Gasteiger partial charge in [-0.15, -0.1) is 0 Å². The van der Waals surface area contributed by atoms with Crippen LogP contribution in [0.4, 0.5) is 0 Å². The van der Waals surface area contributed by atoms with Crippen molar-refractivity contribution in [1.82, 2.24) is 15.1 Å². The van der Waals surface area contributed by atoms with Crippen molar-refractivity contribution in [1.29, 1.82) is 0 Å². The third-order valence-electron chi connectivity index (χ3n) is 5.84. The van der Waals surface area contributed by atoms with Crippen molar-refractivity contribution in [2.24, 2.45) is 22.9 Å². The number of rotatable bonds is 4. The van der Waals surface area contributed by atoms with E-state index in [9.17, 15) is 4.79 Å². The van der Waals surface area contributed by atoms with Crippen molar-refractivity contribution in [2.75, 3.05) is 13.1 Å². The first-order chi connectivity index (χ1) is 11.4. The molecule has 2 unspecified atom stereocenters. The Kier molecular flexibility index (Phi) is 3.48. The van der Waals surface area contributed by atoms with Crippen LogP contribution in [0.15, 0.2) is 11.2 Å². The summed E-state index contributed by atoms with van der Waals surface area (Å²) in [5, 5.41) is 11.5. The van der Waals surface area contributed by atoms with Crippen LogP contribution in [0.2, 0.25) is 0 Å². The lowest BCUT2D eigenvalue weighted by Gasteiger charge is -2.19. The van der Waals surface area contributed by atoms with E-state index in [0.717, 1.165) is 31.6 Å². The van der Waals surface area contributed by atoms with E-state index in [1.165, 1.54) is 5.71 Å². The quantitative estimate of drug-likeness (QED) is 0.923. The smallest absolute Gasteiger partial charge is 0.274 e. The summed E-state index contributed by atoms with van der Waals surface area (Å²) in [5.74, 6) is 2.08.